The highest BCUT2D eigenvalue weighted by Gasteiger charge is 2.14. The first-order chi connectivity index (χ1) is 8.20. The summed E-state index contributed by atoms with van der Waals surface area (Å²) >= 11 is 4.56. The number of benzene rings is 1. The number of hydrogen-bond acceptors (Lipinski definition) is 4. The third kappa shape index (κ3) is 3.08. The van der Waals surface area contributed by atoms with E-state index >= 15 is 0 Å². The Morgan fingerprint density at radius 1 is 1.53 bits per heavy atom. The standard InChI is InChI=1S/C11H11BrFN3S/c1-14-10(11-6-15-17-16-11)4-7-2-3-8(13)5-9(7)12/h2-3,5-6,10,14H,4H2,1H3. The summed E-state index contributed by atoms with van der Waals surface area (Å²) in [6.07, 6.45) is 2.49. The Hall–Kier alpha value is -0.850. The predicted molar refractivity (Wildman–Crippen MR) is 69.5 cm³/mol. The van der Waals surface area contributed by atoms with E-state index in [1.54, 1.807) is 12.3 Å². The molecule has 0 fully saturated rings. The van der Waals surface area contributed by atoms with Gasteiger partial charge in [-0.05, 0) is 31.2 Å². The highest BCUT2D eigenvalue weighted by molar-refractivity contribution is 9.10. The van der Waals surface area contributed by atoms with Crippen molar-refractivity contribution in [2.24, 2.45) is 0 Å². The molecule has 0 amide bonds. The van der Waals surface area contributed by atoms with Crippen LogP contribution in [0.1, 0.15) is 17.3 Å². The molecule has 6 heteroatoms. The van der Waals surface area contributed by atoms with Gasteiger partial charge in [0.2, 0.25) is 0 Å². The van der Waals surface area contributed by atoms with Crippen LogP contribution in [-0.4, -0.2) is 15.8 Å². The van der Waals surface area contributed by atoms with E-state index in [2.05, 4.69) is 30.0 Å². The SMILES string of the molecule is CNC(Cc1ccc(F)cc1Br)c1cnsn1. The van der Waals surface area contributed by atoms with Crippen LogP contribution in [0.3, 0.4) is 0 Å². The molecule has 2 rings (SSSR count). The van der Waals surface area contributed by atoms with E-state index in [9.17, 15) is 4.39 Å². The summed E-state index contributed by atoms with van der Waals surface area (Å²) in [5.74, 6) is -0.239. The molecule has 1 aromatic heterocycles. The summed E-state index contributed by atoms with van der Waals surface area (Å²) in [4.78, 5) is 0. The smallest absolute Gasteiger partial charge is 0.124 e. The number of nitrogens with one attached hydrogen (secondary N) is 1. The van der Waals surface area contributed by atoms with Gasteiger partial charge in [-0.2, -0.15) is 8.75 Å². The van der Waals surface area contributed by atoms with Crippen molar-refractivity contribution in [3.8, 4) is 0 Å². The zero-order valence-electron chi connectivity index (χ0n) is 9.15. The van der Waals surface area contributed by atoms with Crippen LogP contribution in [-0.2, 0) is 6.42 Å². The summed E-state index contributed by atoms with van der Waals surface area (Å²) in [6, 6.07) is 4.81. The summed E-state index contributed by atoms with van der Waals surface area (Å²) in [6.45, 7) is 0. The molecule has 0 aliphatic rings. The normalized spacial score (nSPS) is 12.6. The quantitative estimate of drug-likeness (QED) is 0.942. The second-order valence-electron chi connectivity index (χ2n) is 3.61. The number of halogens is 2. The second-order valence-corrected chi connectivity index (χ2v) is 5.02. The monoisotopic (exact) mass is 315 g/mol. The maximum atomic E-state index is 13.0. The van der Waals surface area contributed by atoms with Gasteiger partial charge in [0.1, 0.15) is 5.82 Å². The van der Waals surface area contributed by atoms with E-state index in [1.165, 1.54) is 23.9 Å². The number of nitrogens with zero attached hydrogens (tertiary/aromatic N) is 2. The first-order valence-corrected chi connectivity index (χ1v) is 6.61. The molecule has 1 heterocycles. The molecule has 3 nitrogen and oxygen atoms in total. The Morgan fingerprint density at radius 3 is 2.94 bits per heavy atom. The fourth-order valence-electron chi connectivity index (χ4n) is 1.59. The molecule has 2 aromatic rings. The minimum Gasteiger partial charge on any atom is -0.311 e. The predicted octanol–water partition coefficient (Wildman–Crippen LogP) is 2.94. The summed E-state index contributed by atoms with van der Waals surface area (Å²) in [5, 5.41) is 3.18. The van der Waals surface area contributed by atoms with E-state index < -0.39 is 0 Å². The van der Waals surface area contributed by atoms with Crippen LogP contribution >= 0.6 is 27.7 Å². The van der Waals surface area contributed by atoms with Crippen LogP contribution in [0.25, 0.3) is 0 Å². The summed E-state index contributed by atoms with van der Waals surface area (Å²) in [5.41, 5.74) is 1.95. The van der Waals surface area contributed by atoms with E-state index in [-0.39, 0.29) is 11.9 Å². The van der Waals surface area contributed by atoms with Gasteiger partial charge < -0.3 is 5.32 Å². The maximum absolute atomic E-state index is 13.0. The maximum Gasteiger partial charge on any atom is 0.124 e. The highest BCUT2D eigenvalue weighted by Crippen LogP contribution is 2.23. The van der Waals surface area contributed by atoms with Crippen LogP contribution in [0, 0.1) is 5.82 Å². The minimum absolute atomic E-state index is 0.0931. The summed E-state index contributed by atoms with van der Waals surface area (Å²) in [7, 11) is 1.88. The number of hydrogen-bond donors (Lipinski definition) is 1. The van der Waals surface area contributed by atoms with Crippen molar-refractivity contribution in [2.75, 3.05) is 7.05 Å². The number of rotatable bonds is 4. The lowest BCUT2D eigenvalue weighted by Crippen LogP contribution is -2.19. The van der Waals surface area contributed by atoms with Crippen molar-refractivity contribution in [2.45, 2.75) is 12.5 Å². The van der Waals surface area contributed by atoms with E-state index in [4.69, 9.17) is 0 Å². The van der Waals surface area contributed by atoms with Crippen molar-refractivity contribution < 1.29 is 4.39 Å². The van der Waals surface area contributed by atoms with Crippen LogP contribution in [0.5, 0.6) is 0 Å². The molecule has 0 saturated carbocycles. The van der Waals surface area contributed by atoms with Gasteiger partial charge in [0, 0.05) is 4.47 Å². The molecule has 0 bridgehead atoms. The van der Waals surface area contributed by atoms with Crippen LogP contribution < -0.4 is 5.32 Å². The lowest BCUT2D eigenvalue weighted by atomic mass is 10.0. The van der Waals surface area contributed by atoms with Crippen molar-refractivity contribution in [3.05, 3.63) is 45.9 Å². The Balaban J connectivity index is 2.19. The van der Waals surface area contributed by atoms with Crippen molar-refractivity contribution in [3.63, 3.8) is 0 Å². The highest BCUT2D eigenvalue weighted by atomic mass is 79.9. The van der Waals surface area contributed by atoms with E-state index in [1.807, 2.05) is 7.05 Å². The molecule has 0 aliphatic carbocycles. The van der Waals surface area contributed by atoms with Gasteiger partial charge in [0.25, 0.3) is 0 Å². The van der Waals surface area contributed by atoms with Crippen molar-refractivity contribution in [1.82, 2.24) is 14.1 Å². The van der Waals surface area contributed by atoms with Crippen molar-refractivity contribution >= 4 is 27.7 Å². The average Bonchev–Trinajstić information content (AvgIpc) is 2.81. The van der Waals surface area contributed by atoms with Gasteiger partial charge in [0.15, 0.2) is 0 Å². The molecular weight excluding hydrogens is 305 g/mol. The Morgan fingerprint density at radius 2 is 2.35 bits per heavy atom. The molecule has 0 spiro atoms. The largest absolute Gasteiger partial charge is 0.311 e. The van der Waals surface area contributed by atoms with E-state index in [0.717, 1.165) is 22.2 Å². The molecule has 0 aliphatic heterocycles. The van der Waals surface area contributed by atoms with Gasteiger partial charge in [-0.15, -0.1) is 0 Å². The fourth-order valence-corrected chi connectivity index (χ4v) is 2.57. The Labute approximate surface area is 112 Å². The molecule has 1 N–H and O–H groups in total. The molecular formula is C11H11BrFN3S. The first kappa shape index (κ1) is 12.6. The second kappa shape index (κ2) is 5.66. The third-order valence-corrected chi connectivity index (χ3v) is 3.75. The summed E-state index contributed by atoms with van der Waals surface area (Å²) < 4.78 is 22.0. The molecule has 0 saturated heterocycles. The lowest BCUT2D eigenvalue weighted by Gasteiger charge is -2.14. The van der Waals surface area contributed by atoms with Gasteiger partial charge in [-0.1, -0.05) is 22.0 Å². The molecule has 1 atom stereocenters. The van der Waals surface area contributed by atoms with Gasteiger partial charge in [-0.25, -0.2) is 4.39 Å². The van der Waals surface area contributed by atoms with Gasteiger partial charge in [-0.3, -0.25) is 0 Å². The first-order valence-electron chi connectivity index (χ1n) is 5.09. The Kier molecular flexibility index (Phi) is 4.20. The minimum atomic E-state index is -0.239. The van der Waals surface area contributed by atoms with Crippen LogP contribution in [0.4, 0.5) is 4.39 Å². The van der Waals surface area contributed by atoms with Crippen LogP contribution in [0.2, 0.25) is 0 Å². The van der Waals surface area contributed by atoms with E-state index in [0.29, 0.717) is 0 Å². The fraction of sp³-hybridized carbons (Fsp3) is 0.273. The van der Waals surface area contributed by atoms with Crippen LogP contribution in [0.15, 0.2) is 28.9 Å². The molecule has 1 aromatic carbocycles. The van der Waals surface area contributed by atoms with Crippen molar-refractivity contribution in [1.29, 1.82) is 0 Å². The molecule has 90 valence electrons. The molecule has 1 unspecified atom stereocenters. The molecule has 17 heavy (non-hydrogen) atoms. The Bertz CT molecular complexity index is 489. The molecule has 0 radical (unpaired) electrons. The number of likely N-dealkylation sites (N-methyl/N-ethyl adjacent to an activating group) is 1. The number of aromatic nitrogens is 2. The topological polar surface area (TPSA) is 37.8 Å². The van der Waals surface area contributed by atoms with Gasteiger partial charge >= 0.3 is 0 Å². The lowest BCUT2D eigenvalue weighted by molar-refractivity contribution is 0.577. The third-order valence-electron chi connectivity index (χ3n) is 2.52. The zero-order valence-corrected chi connectivity index (χ0v) is 11.6. The van der Waals surface area contributed by atoms with Gasteiger partial charge in [0.05, 0.1) is 29.7 Å². The zero-order chi connectivity index (χ0) is 12.3. The average molecular weight is 316 g/mol.